The Kier molecular flexibility index (Phi) is 31.7. The van der Waals surface area contributed by atoms with Crippen LogP contribution in [0.1, 0.15) is 132 Å². The lowest BCUT2D eigenvalue weighted by atomic mass is 9.99. The summed E-state index contributed by atoms with van der Waals surface area (Å²) in [5.74, 6) is -6.39. The van der Waals surface area contributed by atoms with Crippen LogP contribution in [-0.4, -0.2) is 93.7 Å². The van der Waals surface area contributed by atoms with E-state index in [1.807, 2.05) is 50.2 Å². The third-order valence-electron chi connectivity index (χ3n) is 15.2. The zero-order chi connectivity index (χ0) is 66.9. The van der Waals surface area contributed by atoms with Gasteiger partial charge in [-0.15, -0.1) is 44.6 Å². The molecule has 4 aromatic carbocycles. The maximum Gasteiger partial charge on any atom is 0.378 e. The second-order valence-electron chi connectivity index (χ2n) is 22.4. The van der Waals surface area contributed by atoms with Crippen LogP contribution in [0, 0.1) is 35.1 Å². The van der Waals surface area contributed by atoms with Crippen molar-refractivity contribution in [3.8, 4) is 11.5 Å². The highest BCUT2D eigenvalue weighted by atomic mass is 33.2. The number of nitrogens with one attached hydrogen (secondary N) is 1. The molecule has 1 spiro atoms. The number of Topliss-reactive ketones (excluding diaryl/α,β-unsaturated/α-hetero) is 2. The fourth-order valence-corrected chi connectivity index (χ4v) is 71.0. The van der Waals surface area contributed by atoms with Crippen LogP contribution >= 0.6 is 73.6 Å². The fraction of sp³-hybridized carbons (Fsp3) is 0.397. The van der Waals surface area contributed by atoms with E-state index >= 15 is 0 Å². The van der Waals surface area contributed by atoms with Crippen LogP contribution in [0.25, 0.3) is 0 Å². The smallest absolute Gasteiger partial charge is 0.378 e. The van der Waals surface area contributed by atoms with Gasteiger partial charge in [0.2, 0.25) is 16.6 Å². The Morgan fingerprint density at radius 1 is 0.750 bits per heavy atom. The number of ether oxygens (including phenoxy) is 3. The van der Waals surface area contributed by atoms with Crippen LogP contribution in [0.2, 0.25) is 0 Å². The normalized spacial score (nSPS) is 17.8. The van der Waals surface area contributed by atoms with E-state index < -0.39 is 68.7 Å². The molecule has 2 aromatic heterocycles. The first-order valence-electron chi connectivity index (χ1n) is 29.0. The van der Waals surface area contributed by atoms with Gasteiger partial charge >= 0.3 is 5.97 Å². The van der Waals surface area contributed by atoms with Crippen molar-refractivity contribution in [2.75, 3.05) is 32.9 Å². The number of aliphatic hydroxyl groups is 2. The van der Waals surface area contributed by atoms with Crippen molar-refractivity contribution in [3.05, 3.63) is 198 Å². The summed E-state index contributed by atoms with van der Waals surface area (Å²) >= 11 is 0. The average Bonchev–Trinajstić information content (AvgIpc) is 1.51. The number of halogens is 4. The molecule has 10 atom stereocenters. The summed E-state index contributed by atoms with van der Waals surface area (Å²) in [6, 6.07) is 24.5. The van der Waals surface area contributed by atoms with Gasteiger partial charge < -0.3 is 49.4 Å². The van der Waals surface area contributed by atoms with E-state index in [4.69, 9.17) is 29.5 Å². The summed E-state index contributed by atoms with van der Waals surface area (Å²) in [7, 11) is 15.6. The minimum absolute atomic E-state index is 0. The molecule has 9 rings (SSSR count). The van der Waals surface area contributed by atoms with Crippen molar-refractivity contribution in [2.24, 2.45) is 17.6 Å². The molecule has 29 heteroatoms. The number of nitrogens with zero attached hydrogens (tertiary/aromatic N) is 2. The van der Waals surface area contributed by atoms with Crippen molar-refractivity contribution in [2.45, 2.75) is 117 Å². The van der Waals surface area contributed by atoms with Crippen molar-refractivity contribution in [3.63, 3.8) is 0 Å². The fourth-order valence-electron chi connectivity index (χ4n) is 9.86. The summed E-state index contributed by atoms with van der Waals surface area (Å²) in [5, 5.41) is 22.1. The Morgan fingerprint density at radius 3 is 1.67 bits per heavy atom. The van der Waals surface area contributed by atoms with Crippen LogP contribution in [0.3, 0.4) is 0 Å². The lowest BCUT2D eigenvalue weighted by Gasteiger charge is -2.40. The zero-order valence-corrected chi connectivity index (χ0v) is 60.5. The van der Waals surface area contributed by atoms with Crippen molar-refractivity contribution < 1.29 is 65.6 Å². The first-order chi connectivity index (χ1) is 43.2. The molecule has 1 aliphatic heterocycles. The molecule has 5 N–H and O–H groups in total. The maximum absolute atomic E-state index is 14.2. The van der Waals surface area contributed by atoms with Crippen LogP contribution in [0.4, 0.5) is 17.6 Å². The molecule has 0 saturated heterocycles. The zero-order valence-electron chi connectivity index (χ0n) is 51.1. The summed E-state index contributed by atoms with van der Waals surface area (Å²) < 4.78 is 77.7. The molecule has 3 aliphatic rings. The Morgan fingerprint density at radius 2 is 1.25 bits per heavy atom. The van der Waals surface area contributed by atoms with E-state index in [0.29, 0.717) is 31.9 Å². The molecule has 1 amide bonds. The third kappa shape index (κ3) is 21.3. The number of hydrogen-bond acceptors (Lipinski definition) is 14. The number of pyridine rings is 1. The van der Waals surface area contributed by atoms with Gasteiger partial charge in [-0.3, -0.25) is 24.0 Å². The predicted molar refractivity (Wildman–Crippen MR) is 380 cm³/mol. The number of carbonyl (C=O) groups is 4. The van der Waals surface area contributed by atoms with E-state index in [0.717, 1.165) is 62.6 Å². The molecule has 6 aromatic rings. The Balaban J connectivity index is 0.000000258. The Hall–Kier alpha value is -3.91. The number of fused-ring (bicyclic) bond motifs is 2. The Bertz CT molecular complexity index is 3590. The predicted octanol–water partition coefficient (Wildman–Crippen LogP) is 13.7. The largest absolute Gasteiger partial charge is 0.483 e. The van der Waals surface area contributed by atoms with Crippen LogP contribution in [-0.2, 0) is 36.3 Å². The second kappa shape index (κ2) is 37.0. The highest BCUT2D eigenvalue weighted by molar-refractivity contribution is 9.10. The standard InChI is InChI=1S/C30H30F2N2O5.C24H20F2O6.C8H18N2O.CH4.H11P9/c1-18(2)33-17-30(13-21(30)15-35)34-14-23(25(36)11-9-20-8-10-22(31)12-24(20)32)27(37)28(26(34)29(33)38)39-16-19-6-4-3-5-7-19;1-2-30-24(29)23-22(31-13-15-6-4-3-5-7-15)21(28)18(14-32-23)20(27)11-9-16-8-10-17(25)12-19(16)26;1-6(2)10-5-8(9)3-7(8)4-11;;1-6-9(7(2)3)8(4)5/h3-8,10,12,14,18,21,35H,9,11,13,15-17H2,1-2H3;3-8,10,12,14H,2,9,11,13H2,1H3;6-7,10-11H,3-5,9H2,1-2H3;1H4;6H,1-5H2/t21-,30+;;7-,8+;;/m1.1../s1. The van der Waals surface area contributed by atoms with Crippen molar-refractivity contribution in [1.29, 1.82) is 0 Å². The van der Waals surface area contributed by atoms with Gasteiger partial charge in [0, 0.05) is 86.9 Å². The van der Waals surface area contributed by atoms with Gasteiger partial charge in [0.1, 0.15) is 48.3 Å². The number of nitrogens with two attached hydrogens (primary N) is 1. The molecule has 2 saturated carbocycles. The van der Waals surface area contributed by atoms with Gasteiger partial charge in [-0.05, 0) is 102 Å². The molecule has 2 aliphatic carbocycles. The van der Waals surface area contributed by atoms with Gasteiger partial charge in [-0.2, -0.15) is 0 Å². The molecule has 500 valence electrons. The molecule has 6 unspecified atom stereocenters. The SMILES string of the molecule is C.CC(C)N1C[C@]2(C[C@@H]2CO)n2cc(C(=O)CCc3ccc(F)cc3F)c(=O)c(OCc3ccccc3)c2C1=O.CC(C)NC[C@@]1(N)C[C@@H]1CO.CCOC(=O)c1occ(C(=O)CCc2ccc(F)cc2F)c(=O)c1OCc1ccccc1.PPP(P(P)P)P(P)P. The van der Waals surface area contributed by atoms with E-state index in [1.165, 1.54) is 18.3 Å². The van der Waals surface area contributed by atoms with Crippen LogP contribution in [0.5, 0.6) is 11.5 Å². The van der Waals surface area contributed by atoms with Gasteiger partial charge in [0.25, 0.3) is 11.7 Å². The lowest BCUT2D eigenvalue weighted by molar-refractivity contribution is 0.0476. The molecule has 3 heterocycles. The third-order valence-corrected chi connectivity index (χ3v) is 59.5. The van der Waals surface area contributed by atoms with Crippen LogP contribution in [0.15, 0.2) is 124 Å². The number of aliphatic hydroxyl groups excluding tert-OH is 2. The number of benzene rings is 4. The number of esters is 1. The first-order valence-corrected chi connectivity index (χ1v) is 44.6. The van der Waals surface area contributed by atoms with Crippen molar-refractivity contribution in [1.82, 2.24) is 14.8 Å². The molecular formula is C63H83F4N4O12P9. The number of aromatic nitrogens is 1. The van der Waals surface area contributed by atoms with Gasteiger partial charge in [-0.1, -0.05) is 102 Å². The molecule has 2 fully saturated rings. The van der Waals surface area contributed by atoms with Gasteiger partial charge in [-0.25, -0.2) is 22.4 Å². The van der Waals surface area contributed by atoms with E-state index in [2.05, 4.69) is 63.8 Å². The Labute approximate surface area is 551 Å². The summed E-state index contributed by atoms with van der Waals surface area (Å²) in [4.78, 5) is 80.2. The number of carbonyl (C=O) groups excluding carboxylic acids is 4. The average molecular weight is 1440 g/mol. The topological polar surface area (TPSA) is 230 Å². The number of aryl methyl sites for hydroxylation is 2. The highest BCUT2D eigenvalue weighted by Gasteiger charge is 2.61. The molecule has 0 radical (unpaired) electrons. The quantitative estimate of drug-likeness (QED) is 0.0181. The maximum atomic E-state index is 14.2. The van der Waals surface area contributed by atoms with Crippen molar-refractivity contribution >= 4 is 97.0 Å². The lowest BCUT2D eigenvalue weighted by Crippen LogP contribution is -2.52. The monoisotopic (exact) mass is 1440 g/mol. The molecular weight excluding hydrogens is 1360 g/mol. The van der Waals surface area contributed by atoms with Gasteiger partial charge in [0.15, 0.2) is 23.0 Å². The molecule has 0 bridgehead atoms. The summed E-state index contributed by atoms with van der Waals surface area (Å²) in [6.07, 6.45) is 3.30. The number of ketones is 2. The number of amides is 1. The van der Waals surface area contributed by atoms with Gasteiger partial charge in [0.05, 0.1) is 17.7 Å². The van der Waals surface area contributed by atoms with E-state index in [1.54, 1.807) is 40.7 Å². The minimum atomic E-state index is -0.903. The molecule has 16 nitrogen and oxygen atoms in total. The van der Waals surface area contributed by atoms with Crippen LogP contribution < -0.4 is 31.4 Å². The van der Waals surface area contributed by atoms with E-state index in [-0.39, 0.29) is 137 Å². The number of hydrogen-bond donors (Lipinski definition) is 4. The minimum Gasteiger partial charge on any atom is -0.483 e. The van der Waals surface area contributed by atoms with E-state index in [9.17, 15) is 51.4 Å². The molecule has 92 heavy (non-hydrogen) atoms. The number of rotatable bonds is 25. The summed E-state index contributed by atoms with van der Waals surface area (Å²) in [6.45, 7) is 11.5. The second-order valence-corrected chi connectivity index (χ2v) is 53.0. The first kappa shape index (κ1) is 78.8. The summed E-state index contributed by atoms with van der Waals surface area (Å²) in [5.41, 5.74) is 4.95. The highest BCUT2D eigenvalue weighted by Crippen LogP contribution is 3.04.